The summed E-state index contributed by atoms with van der Waals surface area (Å²) in [5.41, 5.74) is 8.86. The van der Waals surface area contributed by atoms with Gasteiger partial charge in [-0.1, -0.05) is 11.6 Å². The summed E-state index contributed by atoms with van der Waals surface area (Å²) in [5.74, 6) is -0.812. The van der Waals surface area contributed by atoms with Gasteiger partial charge in [0.05, 0.1) is 12.8 Å². The number of hydrogen-bond donors (Lipinski definition) is 2. The molecule has 3 N–H and O–H groups in total. The maximum Gasteiger partial charge on any atom is 0.305 e. The van der Waals surface area contributed by atoms with Crippen molar-refractivity contribution in [3.63, 3.8) is 0 Å². The Balaban J connectivity index is 2.41. The zero-order valence-corrected chi connectivity index (χ0v) is 11.8. The van der Waals surface area contributed by atoms with Crippen LogP contribution in [0.3, 0.4) is 0 Å². The van der Waals surface area contributed by atoms with E-state index in [1.807, 2.05) is 0 Å². The minimum atomic E-state index is -0.354. The van der Waals surface area contributed by atoms with E-state index in [1.165, 1.54) is 7.11 Å². The lowest BCUT2D eigenvalue weighted by atomic mass is 10.1. The second-order valence-corrected chi connectivity index (χ2v) is 4.41. The number of nitrogens with two attached hydrogens (primary N) is 1. The summed E-state index contributed by atoms with van der Waals surface area (Å²) < 4.78 is 4.47. The molecule has 0 heterocycles. The summed E-state index contributed by atoms with van der Waals surface area (Å²) in [4.78, 5) is 22.5. The maximum absolute atomic E-state index is 11.6. The number of nitrogens with one attached hydrogen (secondary N) is 1. The number of hydrazone groups is 1. The molecule has 0 fully saturated rings. The predicted octanol–water partition coefficient (Wildman–Crippen LogP) is 1.94. The Kier molecular flexibility index (Phi) is 6.52. The van der Waals surface area contributed by atoms with Gasteiger partial charge in [-0.3, -0.25) is 15.0 Å². The van der Waals surface area contributed by atoms with Crippen LogP contribution in [0, 0.1) is 0 Å². The molecule has 0 aromatic heterocycles. The van der Waals surface area contributed by atoms with E-state index >= 15 is 0 Å². The van der Waals surface area contributed by atoms with E-state index in [9.17, 15) is 9.59 Å². The molecule has 0 unspecified atom stereocenters. The van der Waals surface area contributed by atoms with Gasteiger partial charge in [-0.25, -0.2) is 0 Å². The van der Waals surface area contributed by atoms with Gasteiger partial charge in [0.15, 0.2) is 11.6 Å². The first-order valence-electron chi connectivity index (χ1n) is 5.97. The van der Waals surface area contributed by atoms with Gasteiger partial charge in [-0.15, -0.1) is 0 Å². The second-order valence-electron chi connectivity index (χ2n) is 3.97. The molecule has 0 radical (unpaired) electrons. The molecule has 1 aromatic rings. The topological polar surface area (TPSA) is 93.8 Å². The first-order valence-corrected chi connectivity index (χ1v) is 6.35. The van der Waals surface area contributed by atoms with Crippen LogP contribution in [0.5, 0.6) is 0 Å². The van der Waals surface area contributed by atoms with Crippen molar-refractivity contribution in [2.75, 3.05) is 12.5 Å². The van der Waals surface area contributed by atoms with Crippen LogP contribution >= 0.6 is 11.6 Å². The molecule has 20 heavy (non-hydrogen) atoms. The molecule has 0 atom stereocenters. The van der Waals surface area contributed by atoms with E-state index in [1.54, 1.807) is 24.3 Å². The summed E-state index contributed by atoms with van der Waals surface area (Å²) >= 11 is 5.74. The fourth-order valence-corrected chi connectivity index (χ4v) is 1.46. The molecule has 1 aromatic carbocycles. The Bertz CT molecular complexity index is 500. The zero-order valence-electron chi connectivity index (χ0n) is 11.1. The van der Waals surface area contributed by atoms with Crippen LogP contribution in [0.4, 0.5) is 5.69 Å². The number of rotatable bonds is 7. The Labute approximate surface area is 121 Å². The molecule has 1 rings (SSSR count). The average Bonchev–Trinajstić information content (AvgIpc) is 2.45. The van der Waals surface area contributed by atoms with E-state index in [0.717, 1.165) is 0 Å². The molecule has 108 valence electrons. The number of hydrogen-bond acceptors (Lipinski definition) is 5. The lowest BCUT2D eigenvalue weighted by Crippen LogP contribution is -2.25. The Morgan fingerprint density at radius 2 is 1.95 bits per heavy atom. The molecule has 0 saturated carbocycles. The number of carbonyl (C=O) groups is 2. The third kappa shape index (κ3) is 5.71. The molecule has 0 spiro atoms. The van der Waals surface area contributed by atoms with Crippen molar-refractivity contribution >= 4 is 34.9 Å². The number of nitrogens with zero attached hydrogens (tertiary/aromatic N) is 1. The number of esters is 1. The van der Waals surface area contributed by atoms with Crippen LogP contribution in [0.25, 0.3) is 0 Å². The number of carbonyl (C=O) groups excluding carboxylic acids is 2. The summed E-state index contributed by atoms with van der Waals surface area (Å²) in [6, 6.07) is 6.79. The van der Waals surface area contributed by atoms with Crippen LogP contribution in [-0.2, 0) is 14.3 Å². The SMILES string of the molecule is COC(=O)CCCC(=O)/C(N)=N\Nc1ccc(Cl)cc1. The Hall–Kier alpha value is -2.08. The molecule has 6 nitrogen and oxygen atoms in total. The molecule has 7 heteroatoms. The highest BCUT2D eigenvalue weighted by Gasteiger charge is 2.09. The normalized spacial score (nSPS) is 11.0. The van der Waals surface area contributed by atoms with E-state index in [0.29, 0.717) is 17.1 Å². The number of ketones is 1. The van der Waals surface area contributed by atoms with Gasteiger partial charge in [0, 0.05) is 17.9 Å². The number of Topliss-reactive ketones (excluding diaryl/α,β-unsaturated/α-hetero) is 1. The van der Waals surface area contributed by atoms with E-state index in [-0.39, 0.29) is 30.4 Å². The van der Waals surface area contributed by atoms with Gasteiger partial charge in [0.2, 0.25) is 0 Å². The average molecular weight is 298 g/mol. The summed E-state index contributed by atoms with van der Waals surface area (Å²) in [6.07, 6.45) is 0.704. The Morgan fingerprint density at radius 3 is 2.55 bits per heavy atom. The van der Waals surface area contributed by atoms with E-state index in [2.05, 4.69) is 15.3 Å². The molecule has 0 aliphatic rings. The van der Waals surface area contributed by atoms with Crippen molar-refractivity contribution < 1.29 is 14.3 Å². The van der Waals surface area contributed by atoms with Crippen molar-refractivity contribution in [1.82, 2.24) is 0 Å². The number of anilines is 1. The van der Waals surface area contributed by atoms with Gasteiger partial charge < -0.3 is 10.5 Å². The molecule has 0 bridgehead atoms. The monoisotopic (exact) mass is 297 g/mol. The van der Waals surface area contributed by atoms with E-state index in [4.69, 9.17) is 17.3 Å². The molecule has 0 amide bonds. The minimum absolute atomic E-state index is 0.134. The number of halogens is 1. The van der Waals surface area contributed by atoms with E-state index < -0.39 is 0 Å². The molecule has 0 aliphatic heterocycles. The highest BCUT2D eigenvalue weighted by atomic mass is 35.5. The predicted molar refractivity (Wildman–Crippen MR) is 77.6 cm³/mol. The standard InChI is InChI=1S/C13H16ClN3O3/c1-20-12(19)4-2-3-11(18)13(15)17-16-10-7-5-9(14)6-8-10/h5-8,16H,2-4H2,1H3,(H2,15,17). The third-order valence-corrected chi connectivity index (χ3v) is 2.70. The van der Waals surface area contributed by atoms with Gasteiger partial charge in [-0.05, 0) is 30.7 Å². The first-order chi connectivity index (χ1) is 9.52. The van der Waals surface area contributed by atoms with Gasteiger partial charge >= 0.3 is 5.97 Å². The Morgan fingerprint density at radius 1 is 1.30 bits per heavy atom. The molecule has 0 saturated heterocycles. The van der Waals surface area contributed by atoms with Crippen molar-refractivity contribution in [2.45, 2.75) is 19.3 Å². The van der Waals surface area contributed by atoms with Gasteiger partial charge in [0.25, 0.3) is 0 Å². The van der Waals surface area contributed by atoms with Gasteiger partial charge in [0.1, 0.15) is 0 Å². The van der Waals surface area contributed by atoms with Crippen LogP contribution in [0.15, 0.2) is 29.4 Å². The summed E-state index contributed by atoms with van der Waals surface area (Å²) in [7, 11) is 1.30. The fourth-order valence-electron chi connectivity index (χ4n) is 1.33. The van der Waals surface area contributed by atoms with Crippen LogP contribution < -0.4 is 11.2 Å². The van der Waals surface area contributed by atoms with Crippen molar-refractivity contribution in [2.24, 2.45) is 10.8 Å². The van der Waals surface area contributed by atoms with Crippen molar-refractivity contribution in [1.29, 1.82) is 0 Å². The highest BCUT2D eigenvalue weighted by Crippen LogP contribution is 2.13. The number of methoxy groups -OCH3 is 1. The third-order valence-electron chi connectivity index (χ3n) is 2.45. The van der Waals surface area contributed by atoms with Gasteiger partial charge in [-0.2, -0.15) is 5.10 Å². The lowest BCUT2D eigenvalue weighted by molar-refractivity contribution is -0.140. The molecular weight excluding hydrogens is 282 g/mol. The number of benzene rings is 1. The minimum Gasteiger partial charge on any atom is -0.469 e. The quantitative estimate of drug-likeness (QED) is 0.347. The van der Waals surface area contributed by atoms with Crippen LogP contribution in [0.2, 0.25) is 5.02 Å². The first kappa shape index (κ1) is 16.0. The van der Waals surface area contributed by atoms with Crippen molar-refractivity contribution in [3.8, 4) is 0 Å². The fraction of sp³-hybridized carbons (Fsp3) is 0.308. The number of amidine groups is 1. The maximum atomic E-state index is 11.6. The molecular formula is C13H16ClN3O3. The smallest absolute Gasteiger partial charge is 0.305 e. The van der Waals surface area contributed by atoms with Crippen LogP contribution in [0.1, 0.15) is 19.3 Å². The van der Waals surface area contributed by atoms with Crippen LogP contribution in [-0.4, -0.2) is 24.7 Å². The summed E-state index contributed by atoms with van der Waals surface area (Å²) in [5, 5.41) is 4.38. The lowest BCUT2D eigenvalue weighted by Gasteiger charge is -2.03. The molecule has 0 aliphatic carbocycles. The van der Waals surface area contributed by atoms with Crippen molar-refractivity contribution in [3.05, 3.63) is 29.3 Å². The zero-order chi connectivity index (χ0) is 15.0. The number of ether oxygens (including phenoxy) is 1. The largest absolute Gasteiger partial charge is 0.469 e. The summed E-state index contributed by atoms with van der Waals surface area (Å²) in [6.45, 7) is 0. The second kappa shape index (κ2) is 8.16. The highest BCUT2D eigenvalue weighted by molar-refractivity contribution is 6.38.